The van der Waals surface area contributed by atoms with Crippen LogP contribution < -0.4 is 0 Å². The molecule has 6 heteroatoms. The number of carbonyl (C=O) groups excluding carboxylic acids is 1. The third kappa shape index (κ3) is 3.26. The predicted molar refractivity (Wildman–Crippen MR) is 79.0 cm³/mol. The lowest BCUT2D eigenvalue weighted by Gasteiger charge is -2.25. The fourth-order valence-electron chi connectivity index (χ4n) is 1.79. The number of carbonyl (C=O) groups is 1. The summed E-state index contributed by atoms with van der Waals surface area (Å²) in [6.45, 7) is 1.92. The largest absolute Gasteiger partial charge is 0.334 e. The first-order valence-corrected chi connectivity index (χ1v) is 6.75. The zero-order valence-electron chi connectivity index (χ0n) is 11.0. The Morgan fingerprint density at radius 2 is 2.05 bits per heavy atom. The molecule has 20 heavy (non-hydrogen) atoms. The molecule has 2 rings (SSSR count). The van der Waals surface area contributed by atoms with Gasteiger partial charge in [0.15, 0.2) is 0 Å². The normalized spacial score (nSPS) is 12.0. The Balaban J connectivity index is 2.22. The van der Waals surface area contributed by atoms with E-state index in [2.05, 4.69) is 9.97 Å². The summed E-state index contributed by atoms with van der Waals surface area (Å²) in [4.78, 5) is 21.7. The molecule has 0 radical (unpaired) electrons. The molecule has 104 valence electrons. The number of nitrogens with zero attached hydrogens (tertiary/aromatic N) is 3. The molecule has 0 spiro atoms. The summed E-state index contributed by atoms with van der Waals surface area (Å²) >= 11 is 11.7. The van der Waals surface area contributed by atoms with Gasteiger partial charge >= 0.3 is 0 Å². The van der Waals surface area contributed by atoms with Gasteiger partial charge in [0.05, 0.1) is 18.4 Å². The van der Waals surface area contributed by atoms with Crippen LogP contribution in [0, 0.1) is 0 Å². The summed E-state index contributed by atoms with van der Waals surface area (Å²) in [5.74, 6) is -0.243. The van der Waals surface area contributed by atoms with E-state index in [4.69, 9.17) is 23.2 Å². The van der Waals surface area contributed by atoms with Gasteiger partial charge in [-0.1, -0.05) is 35.3 Å². The zero-order chi connectivity index (χ0) is 14.7. The number of rotatable bonds is 3. The Morgan fingerprint density at radius 3 is 2.70 bits per heavy atom. The Hall–Kier alpha value is -1.65. The lowest BCUT2D eigenvalue weighted by molar-refractivity contribution is 0.0736. The topological polar surface area (TPSA) is 46.1 Å². The average Bonchev–Trinajstić information content (AvgIpc) is 2.45. The van der Waals surface area contributed by atoms with Crippen molar-refractivity contribution >= 4 is 29.1 Å². The molecule has 1 unspecified atom stereocenters. The van der Waals surface area contributed by atoms with Crippen molar-refractivity contribution in [3.63, 3.8) is 0 Å². The van der Waals surface area contributed by atoms with Crippen molar-refractivity contribution in [2.24, 2.45) is 0 Å². The van der Waals surface area contributed by atoms with Gasteiger partial charge in [-0.05, 0) is 24.6 Å². The number of hydrogen-bond acceptors (Lipinski definition) is 3. The minimum atomic E-state index is -0.243. The Morgan fingerprint density at radius 1 is 1.30 bits per heavy atom. The van der Waals surface area contributed by atoms with Crippen molar-refractivity contribution < 1.29 is 4.79 Å². The Kier molecular flexibility index (Phi) is 4.57. The molecule has 0 N–H and O–H groups in total. The van der Waals surface area contributed by atoms with Crippen molar-refractivity contribution in [3.8, 4) is 0 Å². The number of aromatic nitrogens is 2. The second-order valence-corrected chi connectivity index (χ2v) is 5.20. The highest BCUT2D eigenvalue weighted by molar-refractivity contribution is 6.30. The van der Waals surface area contributed by atoms with E-state index in [-0.39, 0.29) is 22.8 Å². The number of benzene rings is 1. The molecular formula is C14H13Cl2N3O. The molecular weight excluding hydrogens is 297 g/mol. The summed E-state index contributed by atoms with van der Waals surface area (Å²) in [5.41, 5.74) is 1.16. The second-order valence-electron chi connectivity index (χ2n) is 4.37. The fraction of sp³-hybridized carbons (Fsp3) is 0.214. The van der Waals surface area contributed by atoms with Crippen LogP contribution >= 0.6 is 23.2 Å². The predicted octanol–water partition coefficient (Wildman–Crippen LogP) is 3.62. The van der Waals surface area contributed by atoms with Crippen LogP contribution in [0.3, 0.4) is 0 Å². The van der Waals surface area contributed by atoms with Crippen LogP contribution in [0.1, 0.15) is 29.0 Å². The van der Waals surface area contributed by atoms with Gasteiger partial charge in [0, 0.05) is 12.1 Å². The third-order valence-corrected chi connectivity index (χ3v) is 3.47. The minimum Gasteiger partial charge on any atom is -0.334 e. The molecule has 0 aliphatic carbocycles. The quantitative estimate of drug-likeness (QED) is 0.870. The van der Waals surface area contributed by atoms with Crippen LogP contribution in [0.4, 0.5) is 0 Å². The van der Waals surface area contributed by atoms with E-state index < -0.39 is 0 Å². The van der Waals surface area contributed by atoms with E-state index in [1.165, 1.54) is 12.4 Å². The van der Waals surface area contributed by atoms with Crippen molar-refractivity contribution in [3.05, 3.63) is 58.1 Å². The van der Waals surface area contributed by atoms with Crippen LogP contribution in [0.15, 0.2) is 36.7 Å². The molecule has 2 aromatic rings. The summed E-state index contributed by atoms with van der Waals surface area (Å²) in [6, 6.07) is 7.26. The molecule has 1 heterocycles. The first kappa shape index (κ1) is 14.8. The molecule has 1 aromatic carbocycles. The van der Waals surface area contributed by atoms with Crippen LogP contribution in [-0.2, 0) is 0 Å². The van der Waals surface area contributed by atoms with E-state index in [0.717, 1.165) is 5.56 Å². The molecule has 1 amide bonds. The van der Waals surface area contributed by atoms with E-state index in [1.807, 2.05) is 25.1 Å². The smallest absolute Gasteiger partial charge is 0.274 e. The van der Waals surface area contributed by atoms with E-state index in [1.54, 1.807) is 18.0 Å². The number of amides is 1. The summed E-state index contributed by atoms with van der Waals surface area (Å²) < 4.78 is 0. The standard InChI is InChI=1S/C14H13Cl2N3O/c1-9(10-4-3-5-11(15)6-10)19(2)14(20)12-7-17-8-13(16)18-12/h3-9H,1-2H3. The van der Waals surface area contributed by atoms with Crippen molar-refractivity contribution in [2.75, 3.05) is 7.05 Å². The lowest BCUT2D eigenvalue weighted by Crippen LogP contribution is -2.30. The lowest BCUT2D eigenvalue weighted by atomic mass is 10.1. The highest BCUT2D eigenvalue weighted by Crippen LogP contribution is 2.23. The van der Waals surface area contributed by atoms with Gasteiger partial charge in [0.2, 0.25) is 0 Å². The number of hydrogen-bond donors (Lipinski definition) is 0. The van der Waals surface area contributed by atoms with Gasteiger partial charge in [-0.25, -0.2) is 4.98 Å². The zero-order valence-corrected chi connectivity index (χ0v) is 12.6. The van der Waals surface area contributed by atoms with E-state index in [9.17, 15) is 4.79 Å². The monoisotopic (exact) mass is 309 g/mol. The second kappa shape index (κ2) is 6.20. The SMILES string of the molecule is CC(c1cccc(Cl)c1)N(C)C(=O)c1cncc(Cl)n1. The molecule has 1 atom stereocenters. The number of halogens is 2. The average molecular weight is 310 g/mol. The van der Waals surface area contributed by atoms with E-state index >= 15 is 0 Å². The Labute approximate surface area is 127 Å². The van der Waals surface area contributed by atoms with Crippen LogP contribution in [0.2, 0.25) is 10.2 Å². The first-order chi connectivity index (χ1) is 9.49. The molecule has 0 aliphatic heterocycles. The molecule has 1 aromatic heterocycles. The highest BCUT2D eigenvalue weighted by atomic mass is 35.5. The first-order valence-electron chi connectivity index (χ1n) is 5.99. The van der Waals surface area contributed by atoms with Crippen molar-refractivity contribution in [1.82, 2.24) is 14.9 Å². The highest BCUT2D eigenvalue weighted by Gasteiger charge is 2.20. The van der Waals surface area contributed by atoms with Crippen LogP contribution in [0.5, 0.6) is 0 Å². The van der Waals surface area contributed by atoms with Gasteiger partial charge in [0.1, 0.15) is 10.8 Å². The summed E-state index contributed by atoms with van der Waals surface area (Å²) in [5, 5.41) is 0.831. The van der Waals surface area contributed by atoms with Crippen LogP contribution in [0.25, 0.3) is 0 Å². The maximum atomic E-state index is 12.3. The molecule has 0 bridgehead atoms. The van der Waals surface area contributed by atoms with Gasteiger partial charge < -0.3 is 4.90 Å². The minimum absolute atomic E-state index is 0.137. The maximum absolute atomic E-state index is 12.3. The Bertz CT molecular complexity index is 633. The fourth-order valence-corrected chi connectivity index (χ4v) is 2.14. The van der Waals surface area contributed by atoms with E-state index in [0.29, 0.717) is 5.02 Å². The maximum Gasteiger partial charge on any atom is 0.274 e. The van der Waals surface area contributed by atoms with Gasteiger partial charge in [-0.15, -0.1) is 0 Å². The molecule has 4 nitrogen and oxygen atoms in total. The molecule has 0 saturated carbocycles. The van der Waals surface area contributed by atoms with Gasteiger partial charge in [-0.3, -0.25) is 9.78 Å². The molecule has 0 saturated heterocycles. The summed E-state index contributed by atoms with van der Waals surface area (Å²) in [6.07, 6.45) is 2.79. The van der Waals surface area contributed by atoms with Gasteiger partial charge in [0.25, 0.3) is 5.91 Å². The summed E-state index contributed by atoms with van der Waals surface area (Å²) in [7, 11) is 1.70. The van der Waals surface area contributed by atoms with Crippen molar-refractivity contribution in [2.45, 2.75) is 13.0 Å². The molecule has 0 aliphatic rings. The van der Waals surface area contributed by atoms with Crippen LogP contribution in [-0.4, -0.2) is 27.8 Å². The third-order valence-electron chi connectivity index (χ3n) is 3.06. The van der Waals surface area contributed by atoms with Crippen molar-refractivity contribution in [1.29, 1.82) is 0 Å². The van der Waals surface area contributed by atoms with Gasteiger partial charge in [-0.2, -0.15) is 0 Å². The molecule has 0 fully saturated rings.